The van der Waals surface area contributed by atoms with Crippen LogP contribution in [0.2, 0.25) is 0 Å². The van der Waals surface area contributed by atoms with E-state index < -0.39 is 0 Å². The molecule has 0 aliphatic carbocycles. The number of nitrogens with one attached hydrogen (secondary N) is 1. The lowest BCUT2D eigenvalue weighted by molar-refractivity contribution is 0.402. The summed E-state index contributed by atoms with van der Waals surface area (Å²) in [5, 5.41) is 11.6. The van der Waals surface area contributed by atoms with Gasteiger partial charge in [0.2, 0.25) is 0 Å². The van der Waals surface area contributed by atoms with Crippen LogP contribution in [0.1, 0.15) is 37.5 Å². The van der Waals surface area contributed by atoms with E-state index in [9.17, 15) is 0 Å². The van der Waals surface area contributed by atoms with Gasteiger partial charge in [-0.1, -0.05) is 18.0 Å². The van der Waals surface area contributed by atoms with Crippen LogP contribution in [0.5, 0.6) is 0 Å². The molecule has 6 heteroatoms. The van der Waals surface area contributed by atoms with Crippen LogP contribution in [0.3, 0.4) is 0 Å². The van der Waals surface area contributed by atoms with E-state index in [0.717, 1.165) is 24.4 Å². The Morgan fingerprint density at radius 2 is 2.33 bits per heavy atom. The second kappa shape index (κ2) is 4.89. The number of aryl methyl sites for hydroxylation is 1. The summed E-state index contributed by atoms with van der Waals surface area (Å²) >= 11 is 0. The van der Waals surface area contributed by atoms with Crippen molar-refractivity contribution in [3.05, 3.63) is 18.2 Å². The van der Waals surface area contributed by atoms with Crippen molar-refractivity contribution in [2.75, 3.05) is 6.54 Å². The molecule has 1 atom stereocenters. The molecule has 1 N–H and O–H groups in total. The van der Waals surface area contributed by atoms with Crippen LogP contribution in [0.4, 0.5) is 0 Å². The fourth-order valence-electron chi connectivity index (χ4n) is 2.27. The third kappa shape index (κ3) is 2.28. The largest absolute Gasteiger partial charge is 0.334 e. The Kier molecular flexibility index (Phi) is 3.10. The maximum absolute atomic E-state index is 5.30. The predicted molar refractivity (Wildman–Crippen MR) is 65.7 cm³/mol. The van der Waals surface area contributed by atoms with Crippen LogP contribution in [0, 0.1) is 0 Å². The van der Waals surface area contributed by atoms with Gasteiger partial charge in [-0.3, -0.25) is 4.68 Å². The zero-order valence-electron chi connectivity index (χ0n) is 10.5. The van der Waals surface area contributed by atoms with E-state index in [0.29, 0.717) is 5.89 Å². The van der Waals surface area contributed by atoms with Crippen LogP contribution in [0.15, 0.2) is 16.9 Å². The Morgan fingerprint density at radius 3 is 3.17 bits per heavy atom. The quantitative estimate of drug-likeness (QED) is 0.874. The third-order valence-electron chi connectivity index (χ3n) is 3.27. The van der Waals surface area contributed by atoms with Crippen LogP contribution < -0.4 is 5.32 Å². The van der Waals surface area contributed by atoms with Crippen LogP contribution in [-0.4, -0.2) is 26.5 Å². The molecule has 2 aromatic rings. The van der Waals surface area contributed by atoms with Gasteiger partial charge in [0.15, 0.2) is 5.82 Å². The van der Waals surface area contributed by atoms with Crippen molar-refractivity contribution < 1.29 is 4.52 Å². The molecule has 1 fully saturated rings. The molecule has 3 rings (SSSR count). The first-order valence-electron chi connectivity index (χ1n) is 6.39. The summed E-state index contributed by atoms with van der Waals surface area (Å²) in [4.78, 5) is 4.47. The van der Waals surface area contributed by atoms with Gasteiger partial charge in [-0.15, -0.1) is 0 Å². The summed E-state index contributed by atoms with van der Waals surface area (Å²) in [6, 6.07) is 0.224. The summed E-state index contributed by atoms with van der Waals surface area (Å²) in [5.41, 5.74) is 0.866. The molecule has 0 amide bonds. The topological polar surface area (TPSA) is 68.8 Å². The van der Waals surface area contributed by atoms with E-state index >= 15 is 0 Å². The highest BCUT2D eigenvalue weighted by Gasteiger charge is 2.20. The molecule has 0 unspecified atom stereocenters. The van der Waals surface area contributed by atoms with Crippen molar-refractivity contribution in [2.45, 2.75) is 31.7 Å². The molecule has 18 heavy (non-hydrogen) atoms. The molecule has 6 nitrogen and oxygen atoms in total. The minimum atomic E-state index is 0.224. The molecular weight excluding hydrogens is 230 g/mol. The van der Waals surface area contributed by atoms with E-state index in [-0.39, 0.29) is 6.04 Å². The molecule has 0 bridgehead atoms. The van der Waals surface area contributed by atoms with Gasteiger partial charge in [0.25, 0.3) is 5.89 Å². The highest BCUT2D eigenvalue weighted by Crippen LogP contribution is 2.23. The Labute approximate surface area is 105 Å². The van der Waals surface area contributed by atoms with Crippen molar-refractivity contribution in [2.24, 2.45) is 7.05 Å². The van der Waals surface area contributed by atoms with Gasteiger partial charge < -0.3 is 9.84 Å². The monoisotopic (exact) mass is 247 g/mol. The number of nitrogens with zero attached hydrogens (tertiary/aromatic N) is 4. The predicted octanol–water partition coefficient (Wildman–Crippen LogP) is 1.67. The van der Waals surface area contributed by atoms with Gasteiger partial charge in [-0.25, -0.2) is 0 Å². The summed E-state index contributed by atoms with van der Waals surface area (Å²) in [6.07, 6.45) is 8.40. The zero-order valence-corrected chi connectivity index (χ0v) is 10.5. The molecule has 3 heterocycles. The second-order valence-electron chi connectivity index (χ2n) is 4.72. The molecule has 2 aromatic heterocycles. The van der Waals surface area contributed by atoms with Crippen molar-refractivity contribution in [1.29, 1.82) is 0 Å². The summed E-state index contributed by atoms with van der Waals surface area (Å²) < 4.78 is 7.03. The zero-order chi connectivity index (χ0) is 12.4. The fourth-order valence-corrected chi connectivity index (χ4v) is 2.27. The van der Waals surface area contributed by atoms with Gasteiger partial charge in [0.05, 0.1) is 17.8 Å². The summed E-state index contributed by atoms with van der Waals surface area (Å²) in [5.74, 6) is 1.31. The molecule has 1 saturated heterocycles. The van der Waals surface area contributed by atoms with Crippen LogP contribution in [0.25, 0.3) is 11.5 Å². The molecule has 1 aliphatic rings. The van der Waals surface area contributed by atoms with Gasteiger partial charge in [0.1, 0.15) is 0 Å². The molecule has 1 aliphatic heterocycles. The Hall–Kier alpha value is -1.69. The normalized spacial score (nSPS) is 20.8. The molecule has 0 spiro atoms. The average molecular weight is 247 g/mol. The van der Waals surface area contributed by atoms with Crippen molar-refractivity contribution in [3.63, 3.8) is 0 Å². The summed E-state index contributed by atoms with van der Waals surface area (Å²) in [6.45, 7) is 1.03. The van der Waals surface area contributed by atoms with Crippen molar-refractivity contribution in [1.82, 2.24) is 25.2 Å². The molecule has 0 saturated carbocycles. The lowest BCUT2D eigenvalue weighted by Crippen LogP contribution is -2.21. The molecule has 0 radical (unpaired) electrons. The Balaban J connectivity index is 1.80. The Bertz CT molecular complexity index is 510. The fraction of sp³-hybridized carbons (Fsp3) is 0.583. The van der Waals surface area contributed by atoms with Gasteiger partial charge in [-0.05, 0) is 19.4 Å². The molecular formula is C12H17N5O. The average Bonchev–Trinajstić information content (AvgIpc) is 2.92. The minimum Gasteiger partial charge on any atom is -0.334 e. The van der Waals surface area contributed by atoms with E-state index in [1.165, 1.54) is 19.3 Å². The number of rotatable bonds is 2. The first-order valence-corrected chi connectivity index (χ1v) is 6.39. The first-order chi connectivity index (χ1) is 8.83. The maximum atomic E-state index is 5.30. The molecule has 0 aromatic carbocycles. The lowest BCUT2D eigenvalue weighted by Gasteiger charge is -2.09. The highest BCUT2D eigenvalue weighted by molar-refractivity contribution is 5.49. The first kappa shape index (κ1) is 11.4. The highest BCUT2D eigenvalue weighted by atomic mass is 16.5. The minimum absolute atomic E-state index is 0.224. The lowest BCUT2D eigenvalue weighted by atomic mass is 10.1. The number of hydrogen-bond donors (Lipinski definition) is 1. The van der Waals surface area contributed by atoms with E-state index in [1.54, 1.807) is 10.9 Å². The Morgan fingerprint density at radius 1 is 1.39 bits per heavy atom. The number of hydrogen-bond acceptors (Lipinski definition) is 5. The van der Waals surface area contributed by atoms with Crippen LogP contribution in [-0.2, 0) is 7.05 Å². The molecule has 96 valence electrons. The van der Waals surface area contributed by atoms with Gasteiger partial charge in [-0.2, -0.15) is 10.1 Å². The van der Waals surface area contributed by atoms with E-state index in [1.807, 2.05) is 13.2 Å². The maximum Gasteiger partial charge on any atom is 0.261 e. The summed E-state index contributed by atoms with van der Waals surface area (Å²) in [7, 11) is 1.87. The second-order valence-corrected chi connectivity index (χ2v) is 4.72. The van der Waals surface area contributed by atoms with E-state index in [4.69, 9.17) is 4.52 Å². The van der Waals surface area contributed by atoms with E-state index in [2.05, 4.69) is 20.6 Å². The van der Waals surface area contributed by atoms with Crippen LogP contribution >= 0.6 is 0 Å². The van der Waals surface area contributed by atoms with Crippen molar-refractivity contribution in [3.8, 4) is 11.5 Å². The van der Waals surface area contributed by atoms with Gasteiger partial charge in [0, 0.05) is 13.2 Å². The number of aromatic nitrogens is 4. The SMILES string of the molecule is Cn1cc(-c2nc([C@@H]3CCCCCN3)no2)cn1. The standard InChI is InChI=1S/C12H17N5O/c1-17-8-9(7-14-17)12-15-11(16-18-12)10-5-3-2-4-6-13-10/h7-8,10,13H,2-6H2,1H3/t10-/m0/s1. The van der Waals surface area contributed by atoms with Gasteiger partial charge >= 0.3 is 0 Å². The third-order valence-corrected chi connectivity index (χ3v) is 3.27. The van der Waals surface area contributed by atoms with Crippen molar-refractivity contribution >= 4 is 0 Å². The smallest absolute Gasteiger partial charge is 0.261 e.